The van der Waals surface area contributed by atoms with E-state index in [0.29, 0.717) is 17.1 Å². The molecule has 2 heterocycles. The van der Waals surface area contributed by atoms with Crippen LogP contribution in [0.25, 0.3) is 10.1 Å². The van der Waals surface area contributed by atoms with Crippen LogP contribution in [0.2, 0.25) is 0 Å². The number of anilines is 1. The molecule has 1 amide bonds. The Morgan fingerprint density at radius 2 is 2.10 bits per heavy atom. The first-order valence-electron chi connectivity index (χ1n) is 6.63. The summed E-state index contributed by atoms with van der Waals surface area (Å²) in [6.45, 7) is 2.40. The van der Waals surface area contributed by atoms with Gasteiger partial charge in [0.25, 0.3) is 5.91 Å². The van der Waals surface area contributed by atoms with Gasteiger partial charge in [-0.05, 0) is 19.1 Å². The molecule has 2 aromatic heterocycles. The van der Waals surface area contributed by atoms with Crippen molar-refractivity contribution in [2.45, 2.75) is 13.5 Å². The second-order valence-corrected chi connectivity index (χ2v) is 6.06. The number of nitrogens with two attached hydrogens (primary N) is 1. The van der Waals surface area contributed by atoms with Gasteiger partial charge in [0.05, 0.1) is 12.0 Å². The van der Waals surface area contributed by atoms with Crippen molar-refractivity contribution in [2.75, 3.05) is 12.8 Å². The number of aryl methyl sites for hydroxylation is 1. The number of hydrogen-bond donors (Lipinski definition) is 1. The van der Waals surface area contributed by atoms with Gasteiger partial charge in [0.15, 0.2) is 0 Å². The number of nitrogens with zero attached hydrogens (tertiary/aromatic N) is 1. The Labute approximate surface area is 126 Å². The quantitative estimate of drug-likeness (QED) is 0.803. The summed E-state index contributed by atoms with van der Waals surface area (Å²) < 4.78 is 6.30. The summed E-state index contributed by atoms with van der Waals surface area (Å²) in [7, 11) is 1.78. The zero-order chi connectivity index (χ0) is 15.0. The van der Waals surface area contributed by atoms with E-state index in [9.17, 15) is 4.79 Å². The fourth-order valence-electron chi connectivity index (χ4n) is 2.30. The summed E-state index contributed by atoms with van der Waals surface area (Å²) in [5.41, 5.74) is 7.70. The Bertz CT molecular complexity index is 804. The summed E-state index contributed by atoms with van der Waals surface area (Å²) in [6, 6.07) is 9.68. The third-order valence-corrected chi connectivity index (χ3v) is 4.72. The molecule has 1 aromatic carbocycles. The molecule has 3 aromatic rings. The molecule has 0 aliphatic rings. The topological polar surface area (TPSA) is 59.5 Å². The molecule has 0 unspecified atom stereocenters. The molecule has 0 saturated carbocycles. The van der Waals surface area contributed by atoms with Crippen molar-refractivity contribution in [1.82, 2.24) is 4.90 Å². The molecular formula is C16H16N2O2S. The number of rotatable bonds is 3. The molecule has 0 spiro atoms. The van der Waals surface area contributed by atoms with Gasteiger partial charge in [-0.3, -0.25) is 4.79 Å². The molecule has 0 radical (unpaired) electrons. The van der Waals surface area contributed by atoms with Crippen molar-refractivity contribution in [1.29, 1.82) is 0 Å². The van der Waals surface area contributed by atoms with Gasteiger partial charge in [-0.15, -0.1) is 11.3 Å². The van der Waals surface area contributed by atoms with E-state index >= 15 is 0 Å². The molecule has 21 heavy (non-hydrogen) atoms. The highest BCUT2D eigenvalue weighted by molar-refractivity contribution is 7.21. The SMILES string of the molecule is Cc1occc1CN(C)C(=O)c1sc2ccccc2c1N. The van der Waals surface area contributed by atoms with Crippen LogP contribution in [-0.4, -0.2) is 17.9 Å². The van der Waals surface area contributed by atoms with E-state index in [0.717, 1.165) is 21.4 Å². The predicted molar refractivity (Wildman–Crippen MR) is 85.5 cm³/mol. The van der Waals surface area contributed by atoms with Crippen LogP contribution in [0.5, 0.6) is 0 Å². The Morgan fingerprint density at radius 3 is 2.76 bits per heavy atom. The Hall–Kier alpha value is -2.27. The first-order valence-corrected chi connectivity index (χ1v) is 7.45. The maximum Gasteiger partial charge on any atom is 0.266 e. The second-order valence-electron chi connectivity index (χ2n) is 5.00. The zero-order valence-electron chi connectivity index (χ0n) is 11.9. The Morgan fingerprint density at radius 1 is 1.33 bits per heavy atom. The lowest BCUT2D eigenvalue weighted by Crippen LogP contribution is -2.26. The lowest BCUT2D eigenvalue weighted by atomic mass is 10.2. The second kappa shape index (κ2) is 5.26. The van der Waals surface area contributed by atoms with Crippen molar-refractivity contribution in [3.8, 4) is 0 Å². The van der Waals surface area contributed by atoms with Gasteiger partial charge in [0.2, 0.25) is 0 Å². The van der Waals surface area contributed by atoms with Crippen LogP contribution in [0.1, 0.15) is 21.0 Å². The minimum absolute atomic E-state index is 0.0608. The van der Waals surface area contributed by atoms with Crippen molar-refractivity contribution in [3.63, 3.8) is 0 Å². The number of hydrogen-bond acceptors (Lipinski definition) is 4. The average Bonchev–Trinajstić information content (AvgIpc) is 3.03. The molecule has 3 rings (SSSR count). The zero-order valence-corrected chi connectivity index (χ0v) is 12.7. The van der Waals surface area contributed by atoms with Gasteiger partial charge in [-0.2, -0.15) is 0 Å². The van der Waals surface area contributed by atoms with E-state index in [1.807, 2.05) is 37.3 Å². The maximum absolute atomic E-state index is 12.6. The molecule has 108 valence electrons. The van der Waals surface area contributed by atoms with Crippen molar-refractivity contribution >= 4 is 33.0 Å². The van der Waals surface area contributed by atoms with Crippen molar-refractivity contribution in [2.24, 2.45) is 0 Å². The van der Waals surface area contributed by atoms with Crippen LogP contribution in [0.15, 0.2) is 41.0 Å². The van der Waals surface area contributed by atoms with Gasteiger partial charge >= 0.3 is 0 Å². The molecule has 2 N–H and O–H groups in total. The van der Waals surface area contributed by atoms with E-state index in [-0.39, 0.29) is 5.91 Å². The van der Waals surface area contributed by atoms with E-state index in [4.69, 9.17) is 10.2 Å². The van der Waals surface area contributed by atoms with Gasteiger partial charge in [0.1, 0.15) is 10.6 Å². The predicted octanol–water partition coefficient (Wildman–Crippen LogP) is 3.66. The lowest BCUT2D eigenvalue weighted by molar-refractivity contribution is 0.0790. The smallest absolute Gasteiger partial charge is 0.266 e. The normalized spacial score (nSPS) is 11.0. The summed E-state index contributed by atoms with van der Waals surface area (Å²) >= 11 is 1.44. The van der Waals surface area contributed by atoms with Crippen LogP contribution in [0.3, 0.4) is 0 Å². The summed E-state index contributed by atoms with van der Waals surface area (Å²) in [5.74, 6) is 0.772. The number of furan rings is 1. The van der Waals surface area contributed by atoms with E-state index in [1.165, 1.54) is 11.3 Å². The monoisotopic (exact) mass is 300 g/mol. The van der Waals surface area contributed by atoms with Gasteiger partial charge in [0, 0.05) is 29.2 Å². The number of carbonyl (C=O) groups excluding carboxylic acids is 1. The molecule has 4 nitrogen and oxygen atoms in total. The molecular weight excluding hydrogens is 284 g/mol. The maximum atomic E-state index is 12.6. The molecule has 0 saturated heterocycles. The number of carbonyl (C=O) groups is 1. The van der Waals surface area contributed by atoms with E-state index in [1.54, 1.807) is 18.2 Å². The Balaban J connectivity index is 1.89. The summed E-state index contributed by atoms with van der Waals surface area (Å²) in [6.07, 6.45) is 1.64. The van der Waals surface area contributed by atoms with Crippen molar-refractivity contribution in [3.05, 3.63) is 52.8 Å². The first-order chi connectivity index (χ1) is 10.1. The molecule has 0 aliphatic carbocycles. The van der Waals surface area contributed by atoms with Crippen LogP contribution >= 0.6 is 11.3 Å². The van der Waals surface area contributed by atoms with Crippen molar-refractivity contribution < 1.29 is 9.21 Å². The molecule has 0 aliphatic heterocycles. The minimum atomic E-state index is -0.0608. The van der Waals surface area contributed by atoms with E-state index < -0.39 is 0 Å². The van der Waals surface area contributed by atoms with Gasteiger partial charge in [-0.1, -0.05) is 18.2 Å². The number of benzene rings is 1. The third-order valence-electron chi connectivity index (χ3n) is 3.55. The molecule has 0 atom stereocenters. The number of amides is 1. The number of fused-ring (bicyclic) bond motifs is 1. The standard InChI is InChI=1S/C16H16N2O2S/c1-10-11(7-8-20-10)9-18(2)16(19)15-14(17)12-5-3-4-6-13(12)21-15/h3-8H,9,17H2,1-2H3. The minimum Gasteiger partial charge on any atom is -0.469 e. The highest BCUT2D eigenvalue weighted by Crippen LogP contribution is 2.34. The summed E-state index contributed by atoms with van der Waals surface area (Å²) in [4.78, 5) is 14.9. The van der Waals surface area contributed by atoms with Gasteiger partial charge in [-0.25, -0.2) is 0 Å². The van der Waals surface area contributed by atoms with Crippen LogP contribution < -0.4 is 5.73 Å². The third kappa shape index (κ3) is 2.40. The van der Waals surface area contributed by atoms with Gasteiger partial charge < -0.3 is 15.1 Å². The van der Waals surface area contributed by atoms with Crippen LogP contribution in [0.4, 0.5) is 5.69 Å². The number of thiophene rings is 1. The molecule has 5 heteroatoms. The fourth-order valence-corrected chi connectivity index (χ4v) is 3.42. The first kappa shape index (κ1) is 13.7. The highest BCUT2D eigenvalue weighted by atomic mass is 32.1. The lowest BCUT2D eigenvalue weighted by Gasteiger charge is -2.16. The van der Waals surface area contributed by atoms with E-state index in [2.05, 4.69) is 0 Å². The molecule has 0 fully saturated rings. The van der Waals surface area contributed by atoms with Crippen LogP contribution in [0, 0.1) is 6.92 Å². The highest BCUT2D eigenvalue weighted by Gasteiger charge is 2.20. The number of nitrogen functional groups attached to an aromatic ring is 1. The Kier molecular flexibility index (Phi) is 3.43. The largest absolute Gasteiger partial charge is 0.469 e. The summed E-state index contributed by atoms with van der Waals surface area (Å²) in [5, 5.41) is 0.943. The average molecular weight is 300 g/mol. The van der Waals surface area contributed by atoms with Crippen LogP contribution in [-0.2, 0) is 6.54 Å². The molecule has 0 bridgehead atoms. The fraction of sp³-hybridized carbons (Fsp3) is 0.188.